The number of anilines is 1. The molecule has 156 valence electrons. The molecule has 2 amide bonds. The van der Waals surface area contributed by atoms with Crippen LogP contribution in [0.25, 0.3) is 0 Å². The third-order valence-electron chi connectivity index (χ3n) is 6.11. The summed E-state index contributed by atoms with van der Waals surface area (Å²) >= 11 is 6.07. The van der Waals surface area contributed by atoms with Crippen LogP contribution >= 0.6 is 11.6 Å². The Hall–Kier alpha value is -2.32. The number of rotatable bonds is 3. The van der Waals surface area contributed by atoms with Gasteiger partial charge in [-0.05, 0) is 43.5 Å². The van der Waals surface area contributed by atoms with Crippen LogP contribution in [0.1, 0.15) is 30.5 Å². The Morgan fingerprint density at radius 3 is 2.76 bits per heavy atom. The van der Waals surface area contributed by atoms with Gasteiger partial charge in [0.2, 0.25) is 11.8 Å². The average molecular weight is 420 g/mol. The van der Waals surface area contributed by atoms with E-state index in [2.05, 4.69) is 27.5 Å². The van der Waals surface area contributed by atoms with Crippen LogP contribution in [-0.2, 0) is 0 Å². The first-order valence-corrected chi connectivity index (χ1v) is 10.2. The van der Waals surface area contributed by atoms with Crippen LogP contribution in [0, 0.1) is 12.3 Å². The van der Waals surface area contributed by atoms with Crippen LogP contribution in [0.5, 0.6) is 5.75 Å². The Morgan fingerprint density at radius 1 is 1.34 bits per heavy atom. The second-order valence-corrected chi connectivity index (χ2v) is 8.47. The van der Waals surface area contributed by atoms with Gasteiger partial charge in [0.1, 0.15) is 5.75 Å². The number of methoxy groups -OCH3 is 1. The lowest BCUT2D eigenvalue weighted by Gasteiger charge is -2.41. The fraction of sp³-hybridized carbons (Fsp3) is 0.550. The number of ether oxygens (including phenoxy) is 1. The quantitative estimate of drug-likeness (QED) is 0.821. The van der Waals surface area contributed by atoms with Crippen molar-refractivity contribution in [1.82, 2.24) is 20.0 Å². The fourth-order valence-electron chi connectivity index (χ4n) is 4.64. The van der Waals surface area contributed by atoms with Gasteiger partial charge in [-0.25, -0.2) is 4.79 Å². The van der Waals surface area contributed by atoms with E-state index in [1.807, 2.05) is 11.8 Å². The van der Waals surface area contributed by atoms with Crippen molar-refractivity contribution in [2.24, 2.45) is 5.41 Å². The molecule has 2 fully saturated rings. The van der Waals surface area contributed by atoms with Crippen LogP contribution in [0.3, 0.4) is 0 Å². The Balaban J connectivity index is 1.45. The Kier molecular flexibility index (Phi) is 5.40. The number of piperidine rings is 1. The lowest BCUT2D eigenvalue weighted by atomic mass is 9.71. The van der Waals surface area contributed by atoms with Crippen molar-refractivity contribution >= 4 is 23.3 Å². The van der Waals surface area contributed by atoms with Gasteiger partial charge in [0.25, 0.3) is 0 Å². The van der Waals surface area contributed by atoms with Crippen LogP contribution < -0.4 is 10.1 Å². The second kappa shape index (κ2) is 7.84. The maximum absolute atomic E-state index is 12.8. The number of likely N-dealkylation sites (N-methyl/N-ethyl adjacent to an activating group) is 1. The number of hydrogen-bond donors (Lipinski definition) is 1. The van der Waals surface area contributed by atoms with Crippen molar-refractivity contribution < 1.29 is 13.9 Å². The number of hydrogen-bond acceptors (Lipinski definition) is 6. The Morgan fingerprint density at radius 2 is 2.10 bits per heavy atom. The first-order chi connectivity index (χ1) is 13.9. The normalized spacial score (nSPS) is 21.5. The van der Waals surface area contributed by atoms with Gasteiger partial charge in [-0.1, -0.05) is 11.6 Å². The zero-order valence-corrected chi connectivity index (χ0v) is 17.7. The predicted molar refractivity (Wildman–Crippen MR) is 110 cm³/mol. The van der Waals surface area contributed by atoms with Crippen molar-refractivity contribution in [2.75, 3.05) is 45.7 Å². The number of halogens is 1. The summed E-state index contributed by atoms with van der Waals surface area (Å²) in [5.74, 6) is 2.10. The molecule has 1 atom stereocenters. The third-order valence-corrected chi connectivity index (χ3v) is 6.34. The highest BCUT2D eigenvalue weighted by Gasteiger charge is 2.50. The molecule has 1 spiro atoms. The first kappa shape index (κ1) is 20.0. The summed E-state index contributed by atoms with van der Waals surface area (Å²) in [6, 6.07) is 5.03. The van der Waals surface area contributed by atoms with Gasteiger partial charge in [0.05, 0.1) is 18.7 Å². The molecule has 0 saturated carbocycles. The molecule has 9 heteroatoms. The number of aryl methyl sites for hydroxylation is 1. The SMILES string of the molecule is COc1ccc(Cl)cc1NC(=O)N1CCC2(CC1)CN(C)C[C@@H]2c1nnc(C)o1. The van der Waals surface area contributed by atoms with E-state index in [4.69, 9.17) is 20.8 Å². The third kappa shape index (κ3) is 3.91. The first-order valence-electron chi connectivity index (χ1n) is 9.78. The van der Waals surface area contributed by atoms with E-state index in [-0.39, 0.29) is 17.4 Å². The summed E-state index contributed by atoms with van der Waals surface area (Å²) in [6.45, 7) is 5.03. The van der Waals surface area contributed by atoms with Gasteiger partial charge >= 0.3 is 6.03 Å². The topological polar surface area (TPSA) is 83.7 Å². The van der Waals surface area contributed by atoms with E-state index >= 15 is 0 Å². The van der Waals surface area contributed by atoms with Gasteiger partial charge in [-0.2, -0.15) is 0 Å². The van der Waals surface area contributed by atoms with Crippen molar-refractivity contribution in [2.45, 2.75) is 25.7 Å². The highest BCUT2D eigenvalue weighted by atomic mass is 35.5. The summed E-state index contributed by atoms with van der Waals surface area (Å²) in [6.07, 6.45) is 1.78. The number of carbonyl (C=O) groups excluding carboxylic acids is 1. The van der Waals surface area contributed by atoms with E-state index in [0.717, 1.165) is 25.9 Å². The van der Waals surface area contributed by atoms with Gasteiger partial charge in [-0.15, -0.1) is 10.2 Å². The van der Waals surface area contributed by atoms with Gasteiger partial charge in [-0.3, -0.25) is 0 Å². The monoisotopic (exact) mass is 419 g/mol. The average Bonchev–Trinajstić information content (AvgIpc) is 3.25. The zero-order valence-electron chi connectivity index (χ0n) is 16.9. The summed E-state index contributed by atoms with van der Waals surface area (Å²) in [7, 11) is 3.69. The second-order valence-electron chi connectivity index (χ2n) is 8.03. The molecule has 29 heavy (non-hydrogen) atoms. The smallest absolute Gasteiger partial charge is 0.321 e. The summed E-state index contributed by atoms with van der Waals surface area (Å²) in [5, 5.41) is 11.8. The van der Waals surface area contributed by atoms with Gasteiger partial charge in [0, 0.05) is 38.1 Å². The van der Waals surface area contributed by atoms with Crippen LogP contribution in [0.2, 0.25) is 5.02 Å². The molecular weight excluding hydrogens is 394 g/mol. The lowest BCUT2D eigenvalue weighted by Crippen LogP contribution is -2.47. The molecule has 1 aromatic carbocycles. The van der Waals surface area contributed by atoms with Gasteiger partial charge in [0.15, 0.2) is 0 Å². The summed E-state index contributed by atoms with van der Waals surface area (Å²) in [5.41, 5.74) is 0.628. The molecule has 4 rings (SSSR count). The molecule has 2 aromatic rings. The molecule has 2 saturated heterocycles. The minimum Gasteiger partial charge on any atom is -0.495 e. The minimum atomic E-state index is -0.142. The zero-order chi connectivity index (χ0) is 20.6. The molecule has 3 heterocycles. The number of nitrogens with zero attached hydrogens (tertiary/aromatic N) is 4. The molecule has 0 radical (unpaired) electrons. The van der Waals surface area contributed by atoms with Crippen molar-refractivity contribution in [3.05, 3.63) is 35.0 Å². The minimum absolute atomic E-state index is 0.0538. The molecule has 1 aromatic heterocycles. The largest absolute Gasteiger partial charge is 0.495 e. The maximum atomic E-state index is 12.8. The molecule has 2 aliphatic rings. The lowest BCUT2D eigenvalue weighted by molar-refractivity contribution is 0.110. The van der Waals surface area contributed by atoms with Crippen LogP contribution in [0.15, 0.2) is 22.6 Å². The highest BCUT2D eigenvalue weighted by molar-refractivity contribution is 6.31. The number of amides is 2. The van der Waals surface area contributed by atoms with Crippen molar-refractivity contribution in [3.63, 3.8) is 0 Å². The van der Waals surface area contributed by atoms with Gasteiger partial charge < -0.3 is 24.3 Å². The summed E-state index contributed by atoms with van der Waals surface area (Å²) < 4.78 is 11.1. The molecule has 1 N–H and O–H groups in total. The number of aromatic nitrogens is 2. The van der Waals surface area contributed by atoms with E-state index in [9.17, 15) is 4.79 Å². The molecular formula is C20H26ClN5O3. The molecule has 0 aliphatic carbocycles. The maximum Gasteiger partial charge on any atom is 0.321 e. The van der Waals surface area contributed by atoms with Crippen molar-refractivity contribution in [1.29, 1.82) is 0 Å². The van der Waals surface area contributed by atoms with Crippen LogP contribution in [-0.4, -0.2) is 66.4 Å². The Labute approximate surface area is 175 Å². The Bertz CT molecular complexity index is 894. The van der Waals surface area contributed by atoms with E-state index in [1.54, 1.807) is 25.3 Å². The number of nitrogens with one attached hydrogen (secondary N) is 1. The molecule has 0 unspecified atom stereocenters. The number of carbonyl (C=O) groups is 1. The fourth-order valence-corrected chi connectivity index (χ4v) is 4.82. The highest BCUT2D eigenvalue weighted by Crippen LogP contribution is 2.49. The van der Waals surface area contributed by atoms with E-state index in [1.165, 1.54) is 0 Å². The van der Waals surface area contributed by atoms with Crippen LogP contribution in [0.4, 0.5) is 10.5 Å². The standard InChI is InChI=1S/C20H26ClN5O3/c1-13-23-24-18(29-13)15-11-25(2)12-20(15)6-8-26(9-7-20)19(27)22-16-10-14(21)4-5-17(16)28-3/h4-5,10,15H,6-9,11-12H2,1-3H3,(H,22,27)/t15-/m1/s1. The molecule has 8 nitrogen and oxygen atoms in total. The number of likely N-dealkylation sites (tertiary alicyclic amines) is 2. The summed E-state index contributed by atoms with van der Waals surface area (Å²) in [4.78, 5) is 17.0. The number of benzene rings is 1. The predicted octanol–water partition coefficient (Wildman–Crippen LogP) is 3.38. The molecule has 0 bridgehead atoms. The molecule has 2 aliphatic heterocycles. The number of urea groups is 1. The van der Waals surface area contributed by atoms with Crippen molar-refractivity contribution in [3.8, 4) is 5.75 Å². The van der Waals surface area contributed by atoms with E-state index in [0.29, 0.717) is 41.3 Å². The van der Waals surface area contributed by atoms with E-state index < -0.39 is 0 Å².